The fourth-order valence-electron chi connectivity index (χ4n) is 6.39. The van der Waals surface area contributed by atoms with Crippen molar-refractivity contribution in [3.8, 4) is 33.6 Å². The van der Waals surface area contributed by atoms with Crippen molar-refractivity contribution in [2.75, 3.05) is 0 Å². The van der Waals surface area contributed by atoms with Gasteiger partial charge in [0, 0.05) is 29.3 Å². The van der Waals surface area contributed by atoms with Crippen molar-refractivity contribution in [3.05, 3.63) is 145 Å². The van der Waals surface area contributed by atoms with Crippen LogP contribution in [0.4, 0.5) is 0 Å². The molecule has 0 saturated carbocycles. The zero-order valence-electron chi connectivity index (χ0n) is 20.4. The highest BCUT2D eigenvalue weighted by Crippen LogP contribution is 2.49. The van der Waals surface area contributed by atoms with Crippen LogP contribution < -0.4 is 9.13 Å². The minimum atomic E-state index is 0.140. The summed E-state index contributed by atoms with van der Waals surface area (Å²) in [6, 6.07) is 38.0. The van der Waals surface area contributed by atoms with Crippen LogP contribution >= 0.6 is 0 Å². The molecule has 0 fully saturated rings. The largest absolute Gasteiger partial charge is 0.213 e. The fourth-order valence-corrected chi connectivity index (χ4v) is 6.39. The number of aromatic nitrogens is 2. The molecule has 0 bridgehead atoms. The van der Waals surface area contributed by atoms with Crippen LogP contribution in [0.1, 0.15) is 34.7 Å². The first kappa shape index (κ1) is 21.0. The van der Waals surface area contributed by atoms with Crippen molar-refractivity contribution in [3.63, 3.8) is 0 Å². The molecule has 0 saturated heterocycles. The van der Waals surface area contributed by atoms with Crippen molar-refractivity contribution in [1.29, 1.82) is 0 Å². The lowest BCUT2D eigenvalue weighted by Gasteiger charge is -2.30. The monoisotopic (exact) mass is 464 g/mol. The van der Waals surface area contributed by atoms with Gasteiger partial charge in [0.25, 0.3) is 0 Å². The number of benzene rings is 3. The van der Waals surface area contributed by atoms with E-state index in [1.54, 1.807) is 0 Å². The van der Waals surface area contributed by atoms with Crippen LogP contribution in [0.25, 0.3) is 33.6 Å². The number of pyridine rings is 2. The summed E-state index contributed by atoms with van der Waals surface area (Å²) < 4.78 is 4.92. The first-order valence-electron chi connectivity index (χ1n) is 12.7. The van der Waals surface area contributed by atoms with Gasteiger partial charge in [-0.1, -0.05) is 67.2 Å². The Bertz CT molecular complexity index is 1630. The minimum Gasteiger partial charge on any atom is -0.191 e. The molecule has 0 aliphatic carbocycles. The molecular formula is C34H28N2+2. The van der Waals surface area contributed by atoms with Crippen LogP contribution in [-0.4, -0.2) is 0 Å². The van der Waals surface area contributed by atoms with Crippen molar-refractivity contribution in [2.24, 2.45) is 0 Å². The van der Waals surface area contributed by atoms with Gasteiger partial charge in [0.05, 0.1) is 11.1 Å². The van der Waals surface area contributed by atoms with Crippen LogP contribution in [0.5, 0.6) is 0 Å². The summed E-state index contributed by atoms with van der Waals surface area (Å²) in [7, 11) is 0. The normalized spacial score (nSPS) is 19.1. The second kappa shape index (κ2) is 8.13. The minimum absolute atomic E-state index is 0.140. The highest BCUT2D eigenvalue weighted by molar-refractivity contribution is 5.75. The van der Waals surface area contributed by atoms with Gasteiger partial charge in [-0.25, -0.2) is 0 Å². The van der Waals surface area contributed by atoms with Crippen molar-refractivity contribution < 1.29 is 9.13 Å². The van der Waals surface area contributed by atoms with Crippen LogP contribution in [0, 0.1) is 6.92 Å². The summed E-state index contributed by atoms with van der Waals surface area (Å²) in [5.41, 5.74) is 11.7. The predicted molar refractivity (Wildman–Crippen MR) is 144 cm³/mol. The molecule has 2 heteroatoms. The standard InChI is InChI=1S/C34H28N2/c1-3-30-33(27-14-8-7-13-26(27)31-15-9-10-20-35(30)31)34-28-18-17-25(24-11-5-4-6-12-24)21-29(28)32-19-16-23(2)22-36(32)34/h3-22,30,33-34H,1H2,2H3/q+2. The molecule has 3 aromatic carbocycles. The van der Waals surface area contributed by atoms with E-state index in [1.807, 2.05) is 0 Å². The van der Waals surface area contributed by atoms with Crippen LogP contribution in [-0.2, 0) is 0 Å². The molecule has 5 aromatic rings. The maximum absolute atomic E-state index is 4.33. The summed E-state index contributed by atoms with van der Waals surface area (Å²) in [6.45, 7) is 6.52. The van der Waals surface area contributed by atoms with E-state index >= 15 is 0 Å². The van der Waals surface area contributed by atoms with Gasteiger partial charge in [0.1, 0.15) is 5.92 Å². The Morgan fingerprint density at radius 3 is 2.31 bits per heavy atom. The maximum Gasteiger partial charge on any atom is 0.213 e. The second-order valence-corrected chi connectivity index (χ2v) is 9.94. The molecule has 36 heavy (non-hydrogen) atoms. The Balaban J connectivity index is 1.48. The third-order valence-corrected chi connectivity index (χ3v) is 7.94. The Labute approximate surface area is 212 Å². The number of allylic oxidation sites excluding steroid dienone is 1. The van der Waals surface area contributed by atoms with Crippen molar-refractivity contribution >= 4 is 0 Å². The number of rotatable bonds is 3. The Morgan fingerprint density at radius 1 is 0.667 bits per heavy atom. The molecule has 0 N–H and O–H groups in total. The van der Waals surface area contributed by atoms with Gasteiger partial charge in [0.15, 0.2) is 24.5 Å². The third kappa shape index (κ3) is 3.04. The Morgan fingerprint density at radius 2 is 1.44 bits per heavy atom. The molecule has 172 valence electrons. The molecule has 2 aliphatic heterocycles. The lowest BCUT2D eigenvalue weighted by molar-refractivity contribution is -0.739. The Kier molecular flexibility index (Phi) is 4.75. The molecule has 0 radical (unpaired) electrons. The van der Waals surface area contributed by atoms with Gasteiger partial charge in [0.2, 0.25) is 11.4 Å². The second-order valence-electron chi connectivity index (χ2n) is 9.94. The molecular weight excluding hydrogens is 436 g/mol. The van der Waals surface area contributed by atoms with Crippen molar-refractivity contribution in [2.45, 2.75) is 24.9 Å². The number of nitrogens with zero attached hydrogens (tertiary/aromatic N) is 2. The molecule has 4 heterocycles. The van der Waals surface area contributed by atoms with E-state index < -0.39 is 0 Å². The highest BCUT2D eigenvalue weighted by Gasteiger charge is 2.51. The van der Waals surface area contributed by atoms with Gasteiger partial charge >= 0.3 is 0 Å². The number of hydrogen-bond donors (Lipinski definition) is 0. The van der Waals surface area contributed by atoms with Gasteiger partial charge in [-0.05, 0) is 54.0 Å². The van der Waals surface area contributed by atoms with E-state index in [1.165, 1.54) is 50.3 Å². The third-order valence-electron chi connectivity index (χ3n) is 7.94. The topological polar surface area (TPSA) is 7.76 Å². The molecule has 2 aliphatic rings. The SMILES string of the molecule is C=CC1C(C2c3ccc(-c4ccccc4)cc3-c3ccc(C)c[n+]32)c2ccccc2-c2cccc[n+]21. The average molecular weight is 465 g/mol. The van der Waals surface area contributed by atoms with Crippen LogP contribution in [0.2, 0.25) is 0 Å². The first-order valence-corrected chi connectivity index (χ1v) is 12.7. The predicted octanol–water partition coefficient (Wildman–Crippen LogP) is 7.00. The molecule has 2 nitrogen and oxygen atoms in total. The summed E-state index contributed by atoms with van der Waals surface area (Å²) in [5.74, 6) is 0.216. The summed E-state index contributed by atoms with van der Waals surface area (Å²) in [6.07, 6.45) is 6.67. The molecule has 7 rings (SSSR count). The molecule has 0 spiro atoms. The van der Waals surface area contributed by atoms with E-state index in [2.05, 4.69) is 144 Å². The molecule has 2 aromatic heterocycles. The quantitative estimate of drug-likeness (QED) is 0.201. The number of aryl methyl sites for hydroxylation is 1. The van der Waals surface area contributed by atoms with E-state index in [0.717, 1.165) is 0 Å². The smallest absolute Gasteiger partial charge is 0.191 e. The zero-order chi connectivity index (χ0) is 24.2. The van der Waals surface area contributed by atoms with E-state index in [4.69, 9.17) is 0 Å². The lowest BCUT2D eigenvalue weighted by atomic mass is 9.76. The number of hydrogen-bond acceptors (Lipinski definition) is 0. The molecule has 0 amide bonds. The lowest BCUT2D eigenvalue weighted by Crippen LogP contribution is -2.52. The summed E-state index contributed by atoms with van der Waals surface area (Å²) in [4.78, 5) is 0. The molecule has 3 atom stereocenters. The van der Waals surface area contributed by atoms with E-state index in [9.17, 15) is 0 Å². The van der Waals surface area contributed by atoms with Gasteiger partial charge in [-0.15, -0.1) is 0 Å². The van der Waals surface area contributed by atoms with E-state index in [-0.39, 0.29) is 18.0 Å². The summed E-state index contributed by atoms with van der Waals surface area (Å²) >= 11 is 0. The first-order chi connectivity index (χ1) is 17.7. The van der Waals surface area contributed by atoms with Crippen LogP contribution in [0.15, 0.2) is 128 Å². The highest BCUT2D eigenvalue weighted by atomic mass is 15.1. The van der Waals surface area contributed by atoms with E-state index in [0.29, 0.717) is 0 Å². The van der Waals surface area contributed by atoms with Crippen LogP contribution in [0.3, 0.4) is 0 Å². The molecule has 3 unspecified atom stereocenters. The zero-order valence-corrected chi connectivity index (χ0v) is 20.4. The van der Waals surface area contributed by atoms with Crippen molar-refractivity contribution in [1.82, 2.24) is 0 Å². The Hall–Kier alpha value is -4.30. The number of fused-ring (bicyclic) bond motifs is 6. The average Bonchev–Trinajstić information content (AvgIpc) is 3.25. The fraction of sp³-hybridized carbons (Fsp3) is 0.118. The maximum atomic E-state index is 4.33. The van der Waals surface area contributed by atoms with Gasteiger partial charge in [-0.3, -0.25) is 0 Å². The summed E-state index contributed by atoms with van der Waals surface area (Å²) in [5, 5.41) is 0. The van der Waals surface area contributed by atoms with Gasteiger partial charge < -0.3 is 0 Å². The van der Waals surface area contributed by atoms with Gasteiger partial charge in [-0.2, -0.15) is 9.13 Å².